The molecule has 0 saturated heterocycles. The molecule has 0 spiro atoms. The standard InChI is InChI=1S/C17H36N2/c1-4-6-14-19(16(3)5-2)15-13-18-17-11-9-7-8-10-12-17/h16-18H,4-15H2,1-3H3. The van der Waals surface area contributed by atoms with Gasteiger partial charge in [0.1, 0.15) is 0 Å². The number of nitrogens with zero attached hydrogens (tertiary/aromatic N) is 1. The van der Waals surface area contributed by atoms with E-state index in [0.717, 1.165) is 12.1 Å². The third kappa shape index (κ3) is 7.31. The molecule has 19 heavy (non-hydrogen) atoms. The fraction of sp³-hybridized carbons (Fsp3) is 1.00. The molecule has 0 aliphatic heterocycles. The highest BCUT2D eigenvalue weighted by Gasteiger charge is 2.14. The second-order valence-electron chi connectivity index (χ2n) is 6.29. The first-order chi connectivity index (χ1) is 9.27. The zero-order valence-electron chi connectivity index (χ0n) is 13.6. The van der Waals surface area contributed by atoms with Gasteiger partial charge in [-0.1, -0.05) is 46.0 Å². The van der Waals surface area contributed by atoms with Crippen LogP contribution in [0.5, 0.6) is 0 Å². The third-order valence-electron chi connectivity index (χ3n) is 4.70. The van der Waals surface area contributed by atoms with E-state index in [0.29, 0.717) is 0 Å². The van der Waals surface area contributed by atoms with Gasteiger partial charge in [-0.25, -0.2) is 0 Å². The maximum atomic E-state index is 3.81. The van der Waals surface area contributed by atoms with Crippen LogP contribution in [0.15, 0.2) is 0 Å². The predicted octanol–water partition coefficient (Wildman–Crippen LogP) is 4.20. The molecule has 0 heterocycles. The van der Waals surface area contributed by atoms with Crippen LogP contribution in [-0.4, -0.2) is 36.6 Å². The van der Waals surface area contributed by atoms with Gasteiger partial charge in [-0.2, -0.15) is 0 Å². The zero-order chi connectivity index (χ0) is 13.9. The Morgan fingerprint density at radius 2 is 1.74 bits per heavy atom. The van der Waals surface area contributed by atoms with Gasteiger partial charge in [0.05, 0.1) is 0 Å². The van der Waals surface area contributed by atoms with Crippen LogP contribution in [0.1, 0.15) is 78.6 Å². The summed E-state index contributed by atoms with van der Waals surface area (Å²) in [6.07, 6.45) is 12.5. The van der Waals surface area contributed by atoms with Crippen molar-refractivity contribution in [3.05, 3.63) is 0 Å². The number of nitrogens with one attached hydrogen (secondary N) is 1. The Hall–Kier alpha value is -0.0800. The molecule has 1 unspecified atom stereocenters. The van der Waals surface area contributed by atoms with Crippen molar-refractivity contribution in [1.82, 2.24) is 10.2 Å². The van der Waals surface area contributed by atoms with Crippen molar-refractivity contribution in [3.8, 4) is 0 Å². The summed E-state index contributed by atoms with van der Waals surface area (Å²) in [5.41, 5.74) is 0. The second kappa shape index (κ2) is 10.7. The van der Waals surface area contributed by atoms with E-state index in [4.69, 9.17) is 0 Å². The van der Waals surface area contributed by atoms with E-state index < -0.39 is 0 Å². The molecular formula is C17H36N2. The van der Waals surface area contributed by atoms with Crippen LogP contribution in [0.3, 0.4) is 0 Å². The van der Waals surface area contributed by atoms with Crippen LogP contribution in [0.4, 0.5) is 0 Å². The van der Waals surface area contributed by atoms with Gasteiger partial charge in [-0.3, -0.25) is 4.90 Å². The van der Waals surface area contributed by atoms with E-state index in [1.807, 2.05) is 0 Å². The summed E-state index contributed by atoms with van der Waals surface area (Å²) in [5, 5.41) is 3.81. The van der Waals surface area contributed by atoms with E-state index in [2.05, 4.69) is 31.0 Å². The lowest BCUT2D eigenvalue weighted by Gasteiger charge is -2.29. The highest BCUT2D eigenvalue weighted by Crippen LogP contribution is 2.17. The molecule has 2 nitrogen and oxygen atoms in total. The Kier molecular flexibility index (Phi) is 9.54. The second-order valence-corrected chi connectivity index (χ2v) is 6.29. The van der Waals surface area contributed by atoms with Crippen molar-refractivity contribution < 1.29 is 0 Å². The largest absolute Gasteiger partial charge is 0.313 e. The molecule has 1 rings (SSSR count). The molecule has 0 aromatic carbocycles. The van der Waals surface area contributed by atoms with E-state index >= 15 is 0 Å². The minimum atomic E-state index is 0.738. The molecule has 114 valence electrons. The highest BCUT2D eigenvalue weighted by molar-refractivity contribution is 4.73. The Bertz CT molecular complexity index is 197. The molecule has 2 heteroatoms. The zero-order valence-corrected chi connectivity index (χ0v) is 13.6. The molecule has 1 saturated carbocycles. The Balaban J connectivity index is 2.21. The van der Waals surface area contributed by atoms with Gasteiger partial charge < -0.3 is 5.32 Å². The van der Waals surface area contributed by atoms with Gasteiger partial charge in [-0.05, 0) is 39.2 Å². The first-order valence-electron chi connectivity index (χ1n) is 8.75. The smallest absolute Gasteiger partial charge is 0.0110 e. The van der Waals surface area contributed by atoms with Crippen molar-refractivity contribution in [1.29, 1.82) is 0 Å². The summed E-state index contributed by atoms with van der Waals surface area (Å²) < 4.78 is 0. The van der Waals surface area contributed by atoms with Crippen LogP contribution < -0.4 is 5.32 Å². The van der Waals surface area contributed by atoms with Gasteiger partial charge >= 0.3 is 0 Å². The molecule has 1 atom stereocenters. The number of rotatable bonds is 9. The highest BCUT2D eigenvalue weighted by atomic mass is 15.2. The lowest BCUT2D eigenvalue weighted by molar-refractivity contribution is 0.198. The maximum Gasteiger partial charge on any atom is 0.0110 e. The van der Waals surface area contributed by atoms with E-state index in [1.54, 1.807) is 0 Å². The average Bonchev–Trinajstić information content (AvgIpc) is 2.70. The molecule has 0 aromatic rings. The van der Waals surface area contributed by atoms with E-state index in [-0.39, 0.29) is 0 Å². The van der Waals surface area contributed by atoms with Crippen LogP contribution in [0.2, 0.25) is 0 Å². The van der Waals surface area contributed by atoms with Crippen molar-refractivity contribution in [2.75, 3.05) is 19.6 Å². The summed E-state index contributed by atoms with van der Waals surface area (Å²) in [4.78, 5) is 2.67. The monoisotopic (exact) mass is 268 g/mol. The number of hydrogen-bond donors (Lipinski definition) is 1. The minimum absolute atomic E-state index is 0.738. The average molecular weight is 268 g/mol. The Labute approximate surface area is 121 Å². The molecule has 1 fully saturated rings. The van der Waals surface area contributed by atoms with Gasteiger partial charge in [0.2, 0.25) is 0 Å². The number of hydrogen-bond acceptors (Lipinski definition) is 2. The lowest BCUT2D eigenvalue weighted by atomic mass is 10.1. The predicted molar refractivity (Wildman–Crippen MR) is 85.7 cm³/mol. The van der Waals surface area contributed by atoms with E-state index in [9.17, 15) is 0 Å². The van der Waals surface area contributed by atoms with Crippen molar-refractivity contribution in [2.24, 2.45) is 0 Å². The number of unbranched alkanes of at least 4 members (excludes halogenated alkanes) is 1. The summed E-state index contributed by atoms with van der Waals surface area (Å²) in [5.74, 6) is 0. The van der Waals surface area contributed by atoms with Crippen molar-refractivity contribution >= 4 is 0 Å². The minimum Gasteiger partial charge on any atom is -0.313 e. The first kappa shape index (κ1) is 17.0. The fourth-order valence-corrected chi connectivity index (χ4v) is 3.07. The summed E-state index contributed by atoms with van der Waals surface area (Å²) in [6, 6.07) is 1.54. The van der Waals surface area contributed by atoms with Crippen molar-refractivity contribution in [3.63, 3.8) is 0 Å². The van der Waals surface area contributed by atoms with Gasteiger partial charge in [0, 0.05) is 25.2 Å². The maximum absolute atomic E-state index is 3.81. The van der Waals surface area contributed by atoms with Gasteiger partial charge in [0.15, 0.2) is 0 Å². The third-order valence-corrected chi connectivity index (χ3v) is 4.70. The fourth-order valence-electron chi connectivity index (χ4n) is 3.07. The molecule has 0 bridgehead atoms. The molecular weight excluding hydrogens is 232 g/mol. The molecule has 0 aromatic heterocycles. The van der Waals surface area contributed by atoms with Crippen molar-refractivity contribution in [2.45, 2.75) is 90.6 Å². The van der Waals surface area contributed by atoms with Crippen LogP contribution >= 0.6 is 0 Å². The molecule has 1 aliphatic carbocycles. The molecule has 0 radical (unpaired) electrons. The Morgan fingerprint density at radius 3 is 2.32 bits per heavy atom. The SMILES string of the molecule is CCCCN(CCNC1CCCCCC1)C(C)CC. The summed E-state index contributed by atoms with van der Waals surface area (Å²) in [7, 11) is 0. The molecule has 1 aliphatic rings. The Morgan fingerprint density at radius 1 is 1.05 bits per heavy atom. The lowest BCUT2D eigenvalue weighted by Crippen LogP contribution is -2.41. The molecule has 1 N–H and O–H groups in total. The van der Waals surface area contributed by atoms with E-state index in [1.165, 1.54) is 77.4 Å². The topological polar surface area (TPSA) is 15.3 Å². The quantitative estimate of drug-likeness (QED) is 0.631. The van der Waals surface area contributed by atoms with Crippen LogP contribution in [0.25, 0.3) is 0 Å². The normalized spacial score (nSPS) is 19.6. The first-order valence-corrected chi connectivity index (χ1v) is 8.75. The summed E-state index contributed by atoms with van der Waals surface area (Å²) in [6.45, 7) is 10.7. The van der Waals surface area contributed by atoms with Gasteiger partial charge in [0.25, 0.3) is 0 Å². The van der Waals surface area contributed by atoms with Gasteiger partial charge in [-0.15, -0.1) is 0 Å². The van der Waals surface area contributed by atoms with Crippen LogP contribution in [-0.2, 0) is 0 Å². The molecule has 0 amide bonds. The summed E-state index contributed by atoms with van der Waals surface area (Å²) >= 11 is 0. The van der Waals surface area contributed by atoms with Crippen LogP contribution in [0, 0.1) is 0 Å².